The van der Waals surface area contributed by atoms with Crippen LogP contribution in [0.15, 0.2) is 18.2 Å². The summed E-state index contributed by atoms with van der Waals surface area (Å²) in [6, 6.07) is 5.46. The molecule has 0 aliphatic rings. The molecule has 0 bridgehead atoms. The minimum atomic E-state index is -1.19. The van der Waals surface area contributed by atoms with E-state index < -0.39 is 30.9 Å². The van der Waals surface area contributed by atoms with E-state index in [0.29, 0.717) is 5.69 Å². The van der Waals surface area contributed by atoms with Crippen LogP contribution in [0.25, 0.3) is 0 Å². The fourth-order valence-electron chi connectivity index (χ4n) is 1.71. The van der Waals surface area contributed by atoms with Gasteiger partial charge in [0.1, 0.15) is 0 Å². The number of carboxylic acids is 2. The van der Waals surface area contributed by atoms with Gasteiger partial charge in [0.05, 0.1) is 19.6 Å². The van der Waals surface area contributed by atoms with Gasteiger partial charge in [0.15, 0.2) is 0 Å². The molecular weight excluding hydrogens is 391 g/mol. The normalized spacial score (nSPS) is 10.4. The number of carboxylic acid groups (broad SMARTS) is 2. The summed E-state index contributed by atoms with van der Waals surface area (Å²) in [5.74, 6) is -2.83. The lowest BCUT2D eigenvalue weighted by Crippen LogP contribution is -2.40. The van der Waals surface area contributed by atoms with Crippen molar-refractivity contribution in [2.45, 2.75) is 6.92 Å². The van der Waals surface area contributed by atoms with Crippen LogP contribution >= 0.6 is 22.6 Å². The van der Waals surface area contributed by atoms with E-state index in [1.165, 1.54) is 0 Å². The molecule has 21 heavy (non-hydrogen) atoms. The van der Waals surface area contributed by atoms with E-state index in [1.54, 1.807) is 6.07 Å². The van der Waals surface area contributed by atoms with Crippen LogP contribution in [0.3, 0.4) is 0 Å². The summed E-state index contributed by atoms with van der Waals surface area (Å²) in [6.45, 7) is 0.519. The van der Waals surface area contributed by atoms with Crippen LogP contribution in [-0.4, -0.2) is 52.6 Å². The number of aliphatic carboxylic acids is 2. The molecule has 0 aliphatic carbocycles. The fourth-order valence-corrected chi connectivity index (χ4v) is 2.36. The molecule has 0 unspecified atom stereocenters. The number of hydrogen-bond acceptors (Lipinski definition) is 4. The third kappa shape index (κ3) is 6.54. The Morgan fingerprint density at radius 3 is 2.19 bits per heavy atom. The number of nitrogens with zero attached hydrogens (tertiary/aromatic N) is 1. The highest BCUT2D eigenvalue weighted by atomic mass is 127. The summed E-state index contributed by atoms with van der Waals surface area (Å²) in [4.78, 5) is 34.2. The number of amides is 1. The zero-order valence-electron chi connectivity index (χ0n) is 11.3. The average Bonchev–Trinajstić information content (AvgIpc) is 2.30. The minimum absolute atomic E-state index is 0.302. The smallest absolute Gasteiger partial charge is 0.317 e. The Labute approximate surface area is 135 Å². The van der Waals surface area contributed by atoms with Crippen LogP contribution in [0.4, 0.5) is 5.69 Å². The van der Waals surface area contributed by atoms with E-state index in [0.717, 1.165) is 14.0 Å². The Morgan fingerprint density at radius 1 is 1.14 bits per heavy atom. The van der Waals surface area contributed by atoms with Gasteiger partial charge in [0.25, 0.3) is 0 Å². The van der Waals surface area contributed by atoms with Gasteiger partial charge >= 0.3 is 11.9 Å². The molecule has 0 aromatic heterocycles. The molecule has 0 radical (unpaired) electrons. The second-order valence-electron chi connectivity index (χ2n) is 4.44. The molecule has 8 heteroatoms. The van der Waals surface area contributed by atoms with Crippen LogP contribution in [0.1, 0.15) is 5.56 Å². The lowest BCUT2D eigenvalue weighted by Gasteiger charge is -2.17. The molecule has 1 aromatic rings. The van der Waals surface area contributed by atoms with E-state index in [-0.39, 0.29) is 6.54 Å². The van der Waals surface area contributed by atoms with Gasteiger partial charge in [0.2, 0.25) is 5.91 Å². The summed E-state index contributed by atoms with van der Waals surface area (Å²) in [5.41, 5.74) is 1.49. The first-order valence-electron chi connectivity index (χ1n) is 6.00. The summed E-state index contributed by atoms with van der Waals surface area (Å²) >= 11 is 2.15. The third-order valence-corrected chi connectivity index (χ3v) is 3.22. The summed E-state index contributed by atoms with van der Waals surface area (Å²) in [7, 11) is 0. The maximum absolute atomic E-state index is 11.9. The van der Waals surface area contributed by atoms with Crippen molar-refractivity contribution in [3.8, 4) is 0 Å². The SMILES string of the molecule is Cc1cc(I)ccc1NC(=O)CN(CC(=O)O)CC(=O)O. The summed E-state index contributed by atoms with van der Waals surface area (Å²) < 4.78 is 1.03. The Hall–Kier alpha value is -1.68. The lowest BCUT2D eigenvalue weighted by atomic mass is 10.2. The molecule has 114 valence electrons. The topological polar surface area (TPSA) is 107 Å². The number of carbonyl (C=O) groups excluding carboxylic acids is 1. The number of anilines is 1. The molecular formula is C13H15IN2O5. The number of carbonyl (C=O) groups is 3. The van der Waals surface area contributed by atoms with Crippen LogP contribution in [-0.2, 0) is 14.4 Å². The molecule has 3 N–H and O–H groups in total. The van der Waals surface area contributed by atoms with Gasteiger partial charge in [-0.25, -0.2) is 0 Å². The standard InChI is InChI=1S/C13H15IN2O5/c1-8-4-9(14)2-3-10(8)15-11(17)5-16(6-12(18)19)7-13(20)21/h2-4H,5-7H2,1H3,(H,15,17)(H,18,19)(H,20,21). The quantitative estimate of drug-likeness (QED) is 0.584. The number of aryl methyl sites for hydroxylation is 1. The zero-order valence-corrected chi connectivity index (χ0v) is 13.5. The number of halogens is 1. The molecule has 1 aromatic carbocycles. The van der Waals surface area contributed by atoms with E-state index >= 15 is 0 Å². The predicted octanol–water partition coefficient (Wildman–Crippen LogP) is 1.01. The van der Waals surface area contributed by atoms with Gasteiger partial charge in [-0.15, -0.1) is 0 Å². The zero-order chi connectivity index (χ0) is 16.0. The highest BCUT2D eigenvalue weighted by molar-refractivity contribution is 14.1. The Morgan fingerprint density at radius 2 is 1.71 bits per heavy atom. The molecule has 1 amide bonds. The first-order valence-corrected chi connectivity index (χ1v) is 7.07. The summed E-state index contributed by atoms with van der Waals surface area (Å²) in [6.07, 6.45) is 0. The average molecular weight is 406 g/mol. The third-order valence-electron chi connectivity index (χ3n) is 2.55. The molecule has 0 heterocycles. The number of hydrogen-bond donors (Lipinski definition) is 3. The number of benzene rings is 1. The van der Waals surface area contributed by atoms with Crippen molar-refractivity contribution in [1.82, 2.24) is 4.90 Å². The van der Waals surface area contributed by atoms with Gasteiger partial charge < -0.3 is 15.5 Å². The van der Waals surface area contributed by atoms with E-state index in [1.807, 2.05) is 19.1 Å². The maximum atomic E-state index is 11.9. The monoisotopic (exact) mass is 406 g/mol. The second kappa shape index (κ2) is 7.93. The molecule has 7 nitrogen and oxygen atoms in total. The van der Waals surface area contributed by atoms with Gasteiger partial charge in [-0.3, -0.25) is 19.3 Å². The largest absolute Gasteiger partial charge is 0.480 e. The molecule has 0 spiro atoms. The number of nitrogens with one attached hydrogen (secondary N) is 1. The molecule has 0 aliphatic heterocycles. The molecule has 0 fully saturated rings. The maximum Gasteiger partial charge on any atom is 0.317 e. The van der Waals surface area contributed by atoms with Crippen molar-refractivity contribution in [2.24, 2.45) is 0 Å². The second-order valence-corrected chi connectivity index (χ2v) is 5.69. The van der Waals surface area contributed by atoms with Crippen molar-refractivity contribution in [2.75, 3.05) is 25.0 Å². The van der Waals surface area contributed by atoms with Gasteiger partial charge in [-0.05, 0) is 53.3 Å². The van der Waals surface area contributed by atoms with Crippen LogP contribution < -0.4 is 5.32 Å². The van der Waals surface area contributed by atoms with E-state index in [2.05, 4.69) is 27.9 Å². The number of rotatable bonds is 7. The van der Waals surface area contributed by atoms with Crippen LogP contribution in [0.2, 0.25) is 0 Å². The highest BCUT2D eigenvalue weighted by Crippen LogP contribution is 2.17. The molecule has 0 atom stereocenters. The van der Waals surface area contributed by atoms with Gasteiger partial charge in [-0.2, -0.15) is 0 Å². The van der Waals surface area contributed by atoms with E-state index in [9.17, 15) is 14.4 Å². The lowest BCUT2D eigenvalue weighted by molar-refractivity contribution is -0.142. The Kier molecular flexibility index (Phi) is 6.56. The van der Waals surface area contributed by atoms with Crippen molar-refractivity contribution >= 4 is 46.1 Å². The predicted molar refractivity (Wildman–Crippen MR) is 84.2 cm³/mol. The van der Waals surface area contributed by atoms with E-state index in [4.69, 9.17) is 10.2 Å². The first-order chi connectivity index (χ1) is 9.77. The molecule has 0 saturated heterocycles. The van der Waals surface area contributed by atoms with Gasteiger partial charge in [-0.1, -0.05) is 0 Å². The summed E-state index contributed by atoms with van der Waals surface area (Å²) in [5, 5.41) is 20.1. The highest BCUT2D eigenvalue weighted by Gasteiger charge is 2.17. The first kappa shape index (κ1) is 17.4. The molecule has 1 rings (SSSR count). The Bertz CT molecular complexity index is 545. The minimum Gasteiger partial charge on any atom is -0.480 e. The Balaban J connectivity index is 2.68. The van der Waals surface area contributed by atoms with Crippen molar-refractivity contribution < 1.29 is 24.6 Å². The van der Waals surface area contributed by atoms with Crippen LogP contribution in [0, 0.1) is 10.5 Å². The van der Waals surface area contributed by atoms with Gasteiger partial charge in [0, 0.05) is 9.26 Å². The fraction of sp³-hybridized carbons (Fsp3) is 0.308. The van der Waals surface area contributed by atoms with Crippen molar-refractivity contribution in [3.63, 3.8) is 0 Å². The molecule has 0 saturated carbocycles. The van der Waals surface area contributed by atoms with Crippen LogP contribution in [0.5, 0.6) is 0 Å². The van der Waals surface area contributed by atoms with Crippen molar-refractivity contribution in [1.29, 1.82) is 0 Å². The van der Waals surface area contributed by atoms with Crippen molar-refractivity contribution in [3.05, 3.63) is 27.3 Å².